The predicted molar refractivity (Wildman–Crippen MR) is 161 cm³/mol. The van der Waals surface area contributed by atoms with Crippen molar-refractivity contribution in [3.05, 3.63) is 65.3 Å². The summed E-state index contributed by atoms with van der Waals surface area (Å²) in [6.45, 7) is 4.70. The Morgan fingerprint density at radius 3 is 2.83 bits per heavy atom. The van der Waals surface area contributed by atoms with Crippen LogP contribution < -0.4 is 20.5 Å². The van der Waals surface area contributed by atoms with Crippen molar-refractivity contribution in [2.24, 2.45) is 0 Å². The van der Waals surface area contributed by atoms with E-state index in [0.29, 0.717) is 62.5 Å². The van der Waals surface area contributed by atoms with Crippen LogP contribution in [0.25, 0.3) is 32.4 Å². The lowest BCUT2D eigenvalue weighted by molar-refractivity contribution is -0.127. The first-order chi connectivity index (χ1) is 20.4. The molecule has 1 saturated heterocycles. The highest BCUT2D eigenvalue weighted by Gasteiger charge is 2.31. The Balaban J connectivity index is 1.27. The smallest absolute Gasteiger partial charge is 0.267 e. The molecule has 2 aliphatic heterocycles. The van der Waals surface area contributed by atoms with Crippen LogP contribution in [0, 0.1) is 0 Å². The molecule has 1 fully saturated rings. The number of nitrogens with one attached hydrogen (secondary N) is 1. The van der Waals surface area contributed by atoms with Gasteiger partial charge in [-0.15, -0.1) is 11.3 Å². The second-order valence-electron chi connectivity index (χ2n) is 9.96. The molecule has 0 unspecified atom stereocenters. The van der Waals surface area contributed by atoms with Gasteiger partial charge in [-0.3, -0.25) is 9.59 Å². The van der Waals surface area contributed by atoms with Gasteiger partial charge in [0.15, 0.2) is 17.1 Å². The van der Waals surface area contributed by atoms with Gasteiger partial charge in [-0.05, 0) is 37.1 Å². The summed E-state index contributed by atoms with van der Waals surface area (Å²) in [6.07, 6.45) is 4.35. The quantitative estimate of drug-likeness (QED) is 0.260. The van der Waals surface area contributed by atoms with Crippen molar-refractivity contribution in [2.75, 3.05) is 30.9 Å². The molecule has 3 N–H and O–H groups in total. The van der Waals surface area contributed by atoms with Crippen LogP contribution in [0.4, 0.5) is 11.5 Å². The number of nitrogens with zero attached hydrogens (tertiary/aromatic N) is 5. The second kappa shape index (κ2) is 10.3. The van der Waals surface area contributed by atoms with Crippen LogP contribution in [0.2, 0.25) is 5.02 Å². The Morgan fingerprint density at radius 1 is 1.17 bits per heavy atom. The van der Waals surface area contributed by atoms with Crippen LogP contribution in [0.3, 0.4) is 0 Å². The van der Waals surface area contributed by atoms with Gasteiger partial charge in [0.25, 0.3) is 5.91 Å². The van der Waals surface area contributed by atoms with E-state index in [1.54, 1.807) is 17.0 Å². The minimum absolute atomic E-state index is 0.0370. The number of hydrogen-bond acceptors (Lipinski definition) is 9. The molecule has 1 atom stereocenters. The number of amides is 2. The molecule has 0 saturated carbocycles. The molecule has 0 spiro atoms. The van der Waals surface area contributed by atoms with Crippen LogP contribution in [-0.2, 0) is 4.79 Å². The van der Waals surface area contributed by atoms with Crippen LogP contribution in [0.5, 0.6) is 11.5 Å². The number of thiophene rings is 1. The molecule has 0 radical (unpaired) electrons. The Morgan fingerprint density at radius 2 is 2.00 bits per heavy atom. The first-order valence-electron chi connectivity index (χ1n) is 13.3. The minimum Gasteiger partial charge on any atom is -0.453 e. The summed E-state index contributed by atoms with van der Waals surface area (Å²) in [5.74, 6) is 0.577. The van der Waals surface area contributed by atoms with Gasteiger partial charge in [-0.2, -0.15) is 5.10 Å². The van der Waals surface area contributed by atoms with Gasteiger partial charge in [0, 0.05) is 28.7 Å². The molecule has 5 aromatic rings. The summed E-state index contributed by atoms with van der Waals surface area (Å²) in [4.78, 5) is 36.5. The van der Waals surface area contributed by atoms with Gasteiger partial charge in [-0.25, -0.2) is 14.6 Å². The standard InChI is InChI=1S/C29H24ClN7O4S/c1-2-20(38)36-11-5-6-15(12-36)37-28-21(27(31)32-13-33-28)23(35-37)17-9-10-18(25-24(17)40-14-41-25)34-29(39)26-22(30)16-7-3-4-8-19(16)42-26/h2-4,7-10,13,15H,1,5-6,11-12,14H2,(H,34,39)(H2,31,32,33)/t15-/m1/s1. The van der Waals surface area contributed by atoms with E-state index >= 15 is 0 Å². The number of ether oxygens (including phenoxy) is 2. The van der Waals surface area contributed by atoms with E-state index in [-0.39, 0.29) is 30.5 Å². The maximum Gasteiger partial charge on any atom is 0.267 e. The Bertz CT molecular complexity index is 1920. The molecule has 0 aliphatic carbocycles. The molecule has 7 rings (SSSR count). The monoisotopic (exact) mass is 601 g/mol. The van der Waals surface area contributed by atoms with Crippen LogP contribution in [0.1, 0.15) is 28.6 Å². The maximum absolute atomic E-state index is 13.3. The van der Waals surface area contributed by atoms with Crippen molar-refractivity contribution in [3.63, 3.8) is 0 Å². The lowest BCUT2D eigenvalue weighted by atomic mass is 10.1. The number of carbonyl (C=O) groups is 2. The third-order valence-electron chi connectivity index (χ3n) is 7.51. The van der Waals surface area contributed by atoms with E-state index in [2.05, 4.69) is 21.9 Å². The zero-order chi connectivity index (χ0) is 29.0. The molecule has 0 bridgehead atoms. The fourth-order valence-electron chi connectivity index (χ4n) is 5.54. The Labute approximate surface area is 248 Å². The number of piperidine rings is 1. The summed E-state index contributed by atoms with van der Waals surface area (Å²) in [7, 11) is 0. The Hall–Kier alpha value is -4.68. The van der Waals surface area contributed by atoms with E-state index in [1.807, 2.05) is 28.9 Å². The van der Waals surface area contributed by atoms with E-state index in [0.717, 1.165) is 22.9 Å². The molecular formula is C29H24ClN7O4S. The lowest BCUT2D eigenvalue weighted by Gasteiger charge is -2.32. The number of nitrogens with two attached hydrogens (primary N) is 1. The van der Waals surface area contributed by atoms with Crippen molar-refractivity contribution < 1.29 is 19.1 Å². The highest BCUT2D eigenvalue weighted by molar-refractivity contribution is 7.21. The van der Waals surface area contributed by atoms with Crippen molar-refractivity contribution in [1.29, 1.82) is 0 Å². The summed E-state index contributed by atoms with van der Waals surface area (Å²) >= 11 is 7.87. The average molecular weight is 602 g/mol. The molecular weight excluding hydrogens is 578 g/mol. The zero-order valence-corrected chi connectivity index (χ0v) is 23.7. The topological polar surface area (TPSA) is 137 Å². The Kier molecular flexibility index (Phi) is 6.43. The zero-order valence-electron chi connectivity index (χ0n) is 22.2. The first-order valence-corrected chi connectivity index (χ1v) is 14.5. The molecule has 2 aromatic carbocycles. The fourth-order valence-corrected chi connectivity index (χ4v) is 6.96. The molecule has 212 valence electrons. The fraction of sp³-hybridized carbons (Fsp3) is 0.207. The molecule has 42 heavy (non-hydrogen) atoms. The SMILES string of the molecule is C=CC(=O)N1CCC[C@@H](n2nc(-c3ccc(NC(=O)c4sc5ccccc5c4Cl)c4c3OCO4)c3c(N)ncnc32)C1. The molecule has 5 heterocycles. The van der Waals surface area contributed by atoms with Gasteiger partial charge in [0.2, 0.25) is 12.7 Å². The van der Waals surface area contributed by atoms with Crippen molar-refractivity contribution in [1.82, 2.24) is 24.6 Å². The number of halogens is 1. The number of likely N-dealkylation sites (tertiary alicyclic amines) is 1. The third kappa shape index (κ3) is 4.22. The van der Waals surface area contributed by atoms with E-state index in [1.165, 1.54) is 23.7 Å². The summed E-state index contributed by atoms with van der Waals surface area (Å²) in [5.41, 5.74) is 8.48. The lowest BCUT2D eigenvalue weighted by Crippen LogP contribution is -2.40. The largest absolute Gasteiger partial charge is 0.453 e. The first kappa shape index (κ1) is 26.2. The van der Waals surface area contributed by atoms with Gasteiger partial charge in [0.1, 0.15) is 22.7 Å². The van der Waals surface area contributed by atoms with E-state index in [9.17, 15) is 9.59 Å². The molecule has 2 aliphatic rings. The number of aromatic nitrogens is 4. The number of rotatable bonds is 5. The van der Waals surface area contributed by atoms with Crippen LogP contribution >= 0.6 is 22.9 Å². The van der Waals surface area contributed by atoms with Gasteiger partial charge >= 0.3 is 0 Å². The average Bonchev–Trinajstić information content (AvgIpc) is 3.74. The number of carbonyl (C=O) groups excluding carboxylic acids is 2. The normalized spacial score (nSPS) is 16.2. The van der Waals surface area contributed by atoms with Crippen LogP contribution in [0.15, 0.2) is 55.4 Å². The molecule has 3 aromatic heterocycles. The summed E-state index contributed by atoms with van der Waals surface area (Å²) in [5, 5.41) is 9.67. The second-order valence-corrected chi connectivity index (χ2v) is 11.4. The maximum atomic E-state index is 13.3. The van der Waals surface area contributed by atoms with Gasteiger partial charge < -0.3 is 25.4 Å². The number of fused-ring (bicyclic) bond motifs is 3. The highest BCUT2D eigenvalue weighted by Crippen LogP contribution is 2.48. The van der Waals surface area contributed by atoms with E-state index in [4.69, 9.17) is 31.9 Å². The summed E-state index contributed by atoms with van der Waals surface area (Å²) < 4.78 is 14.5. The van der Waals surface area contributed by atoms with Crippen molar-refractivity contribution >= 4 is 67.4 Å². The number of anilines is 2. The molecule has 2 amide bonds. The minimum atomic E-state index is -0.352. The third-order valence-corrected chi connectivity index (χ3v) is 9.18. The van der Waals surface area contributed by atoms with Gasteiger partial charge in [0.05, 0.1) is 22.1 Å². The molecule has 13 heteroatoms. The van der Waals surface area contributed by atoms with Gasteiger partial charge in [-0.1, -0.05) is 36.4 Å². The van der Waals surface area contributed by atoms with Crippen molar-refractivity contribution in [2.45, 2.75) is 18.9 Å². The number of nitrogen functional groups attached to an aromatic ring is 1. The predicted octanol–water partition coefficient (Wildman–Crippen LogP) is 5.27. The number of hydrogen-bond donors (Lipinski definition) is 2. The van der Waals surface area contributed by atoms with Crippen molar-refractivity contribution in [3.8, 4) is 22.8 Å². The van der Waals surface area contributed by atoms with Crippen LogP contribution in [-0.4, -0.2) is 56.3 Å². The molecule has 11 nitrogen and oxygen atoms in total. The summed E-state index contributed by atoms with van der Waals surface area (Å²) in [6, 6.07) is 11.0. The number of benzene rings is 2. The highest BCUT2D eigenvalue weighted by atomic mass is 35.5. The van der Waals surface area contributed by atoms with E-state index < -0.39 is 0 Å².